The van der Waals surface area contributed by atoms with Crippen LogP contribution < -0.4 is 14.2 Å². The molecule has 0 fully saturated rings. The van der Waals surface area contributed by atoms with Gasteiger partial charge in [0.1, 0.15) is 28.4 Å². The summed E-state index contributed by atoms with van der Waals surface area (Å²) >= 11 is 1.55. The van der Waals surface area contributed by atoms with Gasteiger partial charge in [0.2, 0.25) is 0 Å². The second-order valence-corrected chi connectivity index (χ2v) is 7.71. The van der Waals surface area contributed by atoms with E-state index in [0.29, 0.717) is 28.5 Å². The molecule has 1 unspecified atom stereocenters. The van der Waals surface area contributed by atoms with Crippen molar-refractivity contribution in [2.45, 2.75) is 22.6 Å². The molecule has 0 saturated carbocycles. The number of thioether (sulfide) groups is 1. The fraction of sp³-hybridized carbons (Fsp3) is 0.286. The van der Waals surface area contributed by atoms with Gasteiger partial charge in [-0.15, -0.1) is 11.8 Å². The minimum Gasteiger partial charge on any atom is -0.496 e. The first-order chi connectivity index (χ1) is 13.6. The van der Waals surface area contributed by atoms with Crippen LogP contribution in [-0.2, 0) is 5.60 Å². The first-order valence-electron chi connectivity index (χ1n) is 8.96. The molecule has 5 rings (SSSR count). The first kappa shape index (κ1) is 17.5. The summed E-state index contributed by atoms with van der Waals surface area (Å²) in [4.78, 5) is 0. The van der Waals surface area contributed by atoms with Crippen molar-refractivity contribution in [2.24, 2.45) is 0 Å². The lowest BCUT2D eigenvalue weighted by molar-refractivity contribution is -0.00287. The van der Waals surface area contributed by atoms with E-state index in [1.165, 1.54) is 0 Å². The predicted octanol–water partition coefficient (Wildman–Crippen LogP) is 3.29. The second kappa shape index (κ2) is 6.18. The number of nitrogens with zero attached hydrogens (tertiary/aromatic N) is 1. The van der Waals surface area contributed by atoms with Gasteiger partial charge in [0, 0.05) is 17.7 Å². The molecule has 0 saturated heterocycles. The maximum Gasteiger partial charge on any atom is 0.176 e. The molecule has 0 bridgehead atoms. The van der Waals surface area contributed by atoms with Crippen LogP contribution in [0.4, 0.5) is 0 Å². The average molecular weight is 396 g/mol. The summed E-state index contributed by atoms with van der Waals surface area (Å²) in [5.74, 6) is 1.55. The van der Waals surface area contributed by atoms with Crippen LogP contribution in [-0.4, -0.2) is 41.9 Å². The molecule has 0 spiro atoms. The third-order valence-corrected chi connectivity index (χ3v) is 6.36. The lowest BCUT2D eigenvalue weighted by atomic mass is 9.86. The standard InChI is InChI=1S/C21H20N2O4S/c1-25-12-9-13(26-2)17-14(10-12)27-19-15(11-7-5-4-6-8-11)16-18(21(17,19)24)22-23-20(16)28-3/h4-10,15,19,24H,1-3H3,(H,22,23)/t15-,19?,21+/m1/s1. The first-order valence-corrected chi connectivity index (χ1v) is 10.2. The van der Waals surface area contributed by atoms with Gasteiger partial charge in [-0.05, 0) is 11.8 Å². The molecule has 7 heteroatoms. The number of rotatable bonds is 4. The molecule has 3 atom stereocenters. The number of ether oxygens (including phenoxy) is 3. The molecule has 2 heterocycles. The molecule has 1 aromatic heterocycles. The minimum atomic E-state index is -1.39. The number of hydrogen-bond acceptors (Lipinski definition) is 6. The SMILES string of the molecule is COc1cc(OC)c2c(c1)OC1[C@H](c3ccccc3)c3c(SC)n[nH]c3[C@@]21O. The van der Waals surface area contributed by atoms with Crippen LogP contribution in [0.1, 0.15) is 28.3 Å². The fourth-order valence-electron chi connectivity index (χ4n) is 4.48. The van der Waals surface area contributed by atoms with Crippen LogP contribution >= 0.6 is 11.8 Å². The van der Waals surface area contributed by atoms with Gasteiger partial charge in [0.15, 0.2) is 5.60 Å². The molecule has 3 aromatic rings. The smallest absolute Gasteiger partial charge is 0.176 e. The van der Waals surface area contributed by atoms with E-state index in [9.17, 15) is 5.11 Å². The number of benzene rings is 2. The molecule has 144 valence electrons. The van der Waals surface area contributed by atoms with Gasteiger partial charge in [-0.25, -0.2) is 0 Å². The zero-order valence-electron chi connectivity index (χ0n) is 15.7. The lowest BCUT2D eigenvalue weighted by Gasteiger charge is -2.26. The fourth-order valence-corrected chi connectivity index (χ4v) is 5.06. The van der Waals surface area contributed by atoms with E-state index in [1.54, 1.807) is 38.1 Å². The molecular weight excluding hydrogens is 376 g/mol. The normalized spacial score (nSPS) is 24.3. The monoisotopic (exact) mass is 396 g/mol. The van der Waals surface area contributed by atoms with Crippen LogP contribution in [0.2, 0.25) is 0 Å². The lowest BCUT2D eigenvalue weighted by Crippen LogP contribution is -2.38. The van der Waals surface area contributed by atoms with Gasteiger partial charge in [-0.3, -0.25) is 5.10 Å². The Bertz CT molecular complexity index is 1050. The van der Waals surface area contributed by atoms with Crippen molar-refractivity contribution in [3.8, 4) is 17.2 Å². The highest BCUT2D eigenvalue weighted by atomic mass is 32.2. The van der Waals surface area contributed by atoms with Gasteiger partial charge in [0.05, 0.1) is 31.4 Å². The van der Waals surface area contributed by atoms with E-state index < -0.39 is 11.7 Å². The van der Waals surface area contributed by atoms with Crippen LogP contribution in [0.25, 0.3) is 0 Å². The number of aromatic nitrogens is 2. The van der Waals surface area contributed by atoms with Crippen molar-refractivity contribution >= 4 is 11.8 Å². The summed E-state index contributed by atoms with van der Waals surface area (Å²) in [6, 6.07) is 13.6. The van der Waals surface area contributed by atoms with Crippen molar-refractivity contribution in [1.82, 2.24) is 10.2 Å². The highest BCUT2D eigenvalue weighted by Gasteiger charge is 2.63. The highest BCUT2D eigenvalue weighted by Crippen LogP contribution is 2.61. The van der Waals surface area contributed by atoms with Crippen molar-refractivity contribution in [1.29, 1.82) is 0 Å². The Kier molecular flexibility index (Phi) is 3.86. The molecule has 2 aliphatic rings. The third-order valence-electron chi connectivity index (χ3n) is 5.66. The van der Waals surface area contributed by atoms with Gasteiger partial charge in [0.25, 0.3) is 0 Å². The summed E-state index contributed by atoms with van der Waals surface area (Å²) in [5.41, 5.74) is 1.94. The summed E-state index contributed by atoms with van der Waals surface area (Å²) in [6.45, 7) is 0. The van der Waals surface area contributed by atoms with Crippen molar-refractivity contribution in [3.63, 3.8) is 0 Å². The number of hydrogen-bond donors (Lipinski definition) is 2. The van der Waals surface area contributed by atoms with Crippen LogP contribution in [0.3, 0.4) is 0 Å². The van der Waals surface area contributed by atoms with E-state index in [0.717, 1.165) is 16.2 Å². The Morgan fingerprint density at radius 3 is 2.64 bits per heavy atom. The van der Waals surface area contributed by atoms with E-state index in [1.807, 2.05) is 24.5 Å². The van der Waals surface area contributed by atoms with Crippen molar-refractivity contribution in [3.05, 3.63) is 64.8 Å². The average Bonchev–Trinajstić information content (AvgIpc) is 3.35. The zero-order chi connectivity index (χ0) is 19.5. The quantitative estimate of drug-likeness (QED) is 0.659. The Labute approximate surface area is 166 Å². The van der Waals surface area contributed by atoms with Crippen LogP contribution in [0.15, 0.2) is 47.5 Å². The Hall–Kier alpha value is -2.64. The zero-order valence-corrected chi connectivity index (χ0v) is 16.5. The number of methoxy groups -OCH3 is 2. The van der Waals surface area contributed by atoms with Gasteiger partial charge < -0.3 is 19.3 Å². The van der Waals surface area contributed by atoms with Crippen LogP contribution in [0.5, 0.6) is 17.2 Å². The Morgan fingerprint density at radius 1 is 1.18 bits per heavy atom. The predicted molar refractivity (Wildman–Crippen MR) is 106 cm³/mol. The summed E-state index contributed by atoms with van der Waals surface area (Å²) in [5, 5.41) is 20.4. The highest BCUT2D eigenvalue weighted by molar-refractivity contribution is 7.98. The molecule has 1 aliphatic carbocycles. The van der Waals surface area contributed by atoms with Crippen LogP contribution in [0, 0.1) is 0 Å². The van der Waals surface area contributed by atoms with Crippen molar-refractivity contribution < 1.29 is 19.3 Å². The number of H-pyrrole nitrogens is 1. The van der Waals surface area contributed by atoms with E-state index >= 15 is 0 Å². The number of aromatic amines is 1. The molecule has 28 heavy (non-hydrogen) atoms. The molecular formula is C21H20N2O4S. The largest absolute Gasteiger partial charge is 0.496 e. The maximum atomic E-state index is 12.0. The second-order valence-electron chi connectivity index (χ2n) is 6.92. The van der Waals surface area contributed by atoms with E-state index in [2.05, 4.69) is 22.3 Å². The minimum absolute atomic E-state index is 0.162. The third kappa shape index (κ3) is 2.11. The van der Waals surface area contributed by atoms with E-state index in [4.69, 9.17) is 14.2 Å². The number of nitrogens with one attached hydrogen (secondary N) is 1. The van der Waals surface area contributed by atoms with Gasteiger partial charge >= 0.3 is 0 Å². The maximum absolute atomic E-state index is 12.0. The van der Waals surface area contributed by atoms with Crippen molar-refractivity contribution in [2.75, 3.05) is 20.5 Å². The topological polar surface area (TPSA) is 76.6 Å². The molecule has 0 amide bonds. The van der Waals surface area contributed by atoms with Gasteiger partial charge in [-0.2, -0.15) is 5.10 Å². The number of fused-ring (bicyclic) bond motifs is 5. The molecule has 6 nitrogen and oxygen atoms in total. The molecule has 0 radical (unpaired) electrons. The molecule has 1 aliphatic heterocycles. The Balaban J connectivity index is 1.78. The number of aliphatic hydroxyl groups is 1. The van der Waals surface area contributed by atoms with E-state index in [-0.39, 0.29) is 5.92 Å². The summed E-state index contributed by atoms with van der Waals surface area (Å²) in [7, 11) is 3.17. The van der Waals surface area contributed by atoms with Gasteiger partial charge in [-0.1, -0.05) is 30.3 Å². The Morgan fingerprint density at radius 2 is 1.96 bits per heavy atom. The molecule has 2 aromatic carbocycles. The summed E-state index contributed by atoms with van der Waals surface area (Å²) in [6.07, 6.45) is 1.46. The molecule has 2 N–H and O–H groups in total. The summed E-state index contributed by atoms with van der Waals surface area (Å²) < 4.78 is 17.3.